The minimum absolute atomic E-state index is 0.107. The summed E-state index contributed by atoms with van der Waals surface area (Å²) >= 11 is 0. The molecule has 8 nitrogen and oxygen atoms in total. The fourth-order valence-corrected chi connectivity index (χ4v) is 2.87. The molecule has 2 aromatic carbocycles. The van der Waals surface area contributed by atoms with Gasteiger partial charge in [0.2, 0.25) is 12.7 Å². The Morgan fingerprint density at radius 3 is 2.48 bits per heavy atom. The Balaban J connectivity index is 1.62. The SMILES string of the molecule is CCOc1ccc(NC(=O)CN(C)C(=O)c2ccc3c(c2)OCO3)cc1OCC. The third-order valence-corrected chi connectivity index (χ3v) is 4.17. The van der Waals surface area contributed by atoms with E-state index in [2.05, 4.69) is 5.32 Å². The van der Waals surface area contributed by atoms with Gasteiger partial charge in [-0.05, 0) is 44.2 Å². The molecule has 29 heavy (non-hydrogen) atoms. The molecule has 0 unspecified atom stereocenters. The minimum Gasteiger partial charge on any atom is -0.490 e. The van der Waals surface area contributed by atoms with E-state index in [1.165, 1.54) is 4.90 Å². The van der Waals surface area contributed by atoms with Gasteiger partial charge in [-0.2, -0.15) is 0 Å². The number of amides is 2. The van der Waals surface area contributed by atoms with Crippen molar-refractivity contribution in [3.63, 3.8) is 0 Å². The topological polar surface area (TPSA) is 86.3 Å². The van der Waals surface area contributed by atoms with Crippen molar-refractivity contribution in [2.24, 2.45) is 0 Å². The molecule has 1 aliphatic heterocycles. The highest BCUT2D eigenvalue weighted by Gasteiger charge is 2.20. The van der Waals surface area contributed by atoms with Crippen LogP contribution in [0.3, 0.4) is 0 Å². The summed E-state index contributed by atoms with van der Waals surface area (Å²) in [6.07, 6.45) is 0. The average Bonchev–Trinajstić information content (AvgIpc) is 3.17. The van der Waals surface area contributed by atoms with Gasteiger partial charge in [0.1, 0.15) is 0 Å². The fourth-order valence-electron chi connectivity index (χ4n) is 2.87. The molecule has 2 aromatic rings. The molecule has 0 bridgehead atoms. The number of carbonyl (C=O) groups is 2. The van der Waals surface area contributed by atoms with E-state index in [1.54, 1.807) is 43.4 Å². The van der Waals surface area contributed by atoms with Crippen molar-refractivity contribution in [3.8, 4) is 23.0 Å². The first-order valence-corrected chi connectivity index (χ1v) is 9.36. The Kier molecular flexibility index (Phi) is 6.43. The number of anilines is 1. The maximum Gasteiger partial charge on any atom is 0.254 e. The van der Waals surface area contributed by atoms with Crippen LogP contribution in [-0.2, 0) is 4.79 Å². The lowest BCUT2D eigenvalue weighted by Gasteiger charge is -2.18. The zero-order valence-corrected chi connectivity index (χ0v) is 16.7. The molecule has 2 amide bonds. The smallest absolute Gasteiger partial charge is 0.254 e. The lowest BCUT2D eigenvalue weighted by atomic mass is 10.2. The fraction of sp³-hybridized carbons (Fsp3) is 0.333. The summed E-state index contributed by atoms with van der Waals surface area (Å²) in [5.41, 5.74) is 0.982. The monoisotopic (exact) mass is 400 g/mol. The number of rotatable bonds is 8. The number of likely N-dealkylation sites (N-methyl/N-ethyl adjacent to an activating group) is 1. The predicted octanol–water partition coefficient (Wildman–Crippen LogP) is 2.92. The second kappa shape index (κ2) is 9.18. The van der Waals surface area contributed by atoms with Crippen molar-refractivity contribution < 1.29 is 28.5 Å². The summed E-state index contributed by atoms with van der Waals surface area (Å²) < 4.78 is 21.6. The van der Waals surface area contributed by atoms with Crippen LogP contribution in [0.2, 0.25) is 0 Å². The quantitative estimate of drug-likeness (QED) is 0.733. The van der Waals surface area contributed by atoms with Crippen molar-refractivity contribution in [1.82, 2.24) is 4.90 Å². The number of fused-ring (bicyclic) bond motifs is 1. The molecule has 0 atom stereocenters. The van der Waals surface area contributed by atoms with E-state index in [1.807, 2.05) is 13.8 Å². The van der Waals surface area contributed by atoms with Crippen LogP contribution < -0.4 is 24.3 Å². The van der Waals surface area contributed by atoms with Gasteiger partial charge in [0, 0.05) is 24.4 Å². The standard InChI is InChI=1S/C21H24N2O6/c1-4-26-16-9-7-15(11-19(16)27-5-2)22-20(24)12-23(3)21(25)14-6-8-17-18(10-14)29-13-28-17/h6-11H,4-5,12-13H2,1-3H3,(H,22,24). The summed E-state index contributed by atoms with van der Waals surface area (Å²) in [5.74, 6) is 1.67. The number of hydrogen-bond donors (Lipinski definition) is 1. The predicted molar refractivity (Wildman–Crippen MR) is 107 cm³/mol. The first kappa shape index (κ1) is 20.3. The van der Waals surface area contributed by atoms with Gasteiger partial charge < -0.3 is 29.2 Å². The van der Waals surface area contributed by atoms with Crippen LogP contribution in [0.1, 0.15) is 24.2 Å². The Bertz CT molecular complexity index is 899. The maximum absolute atomic E-state index is 12.6. The van der Waals surface area contributed by atoms with E-state index in [-0.39, 0.29) is 25.2 Å². The van der Waals surface area contributed by atoms with Crippen LogP contribution in [0.25, 0.3) is 0 Å². The second-order valence-corrected chi connectivity index (χ2v) is 6.30. The van der Waals surface area contributed by atoms with Crippen LogP contribution in [0, 0.1) is 0 Å². The highest BCUT2D eigenvalue weighted by atomic mass is 16.7. The summed E-state index contributed by atoms with van der Waals surface area (Å²) in [6, 6.07) is 10.1. The molecule has 1 N–H and O–H groups in total. The summed E-state index contributed by atoms with van der Waals surface area (Å²) in [7, 11) is 1.57. The normalized spacial score (nSPS) is 11.7. The number of ether oxygens (including phenoxy) is 4. The number of nitrogens with zero attached hydrogens (tertiary/aromatic N) is 1. The van der Waals surface area contributed by atoms with Crippen molar-refractivity contribution >= 4 is 17.5 Å². The molecule has 1 heterocycles. The van der Waals surface area contributed by atoms with Gasteiger partial charge in [0.05, 0.1) is 19.8 Å². The average molecular weight is 400 g/mol. The zero-order chi connectivity index (χ0) is 20.8. The van der Waals surface area contributed by atoms with Crippen LogP contribution >= 0.6 is 0 Å². The molecular formula is C21H24N2O6. The Morgan fingerprint density at radius 2 is 1.72 bits per heavy atom. The molecule has 0 fully saturated rings. The van der Waals surface area contributed by atoms with Gasteiger partial charge in [-0.25, -0.2) is 0 Å². The Labute approximate surface area is 169 Å². The number of nitrogens with one attached hydrogen (secondary N) is 1. The van der Waals surface area contributed by atoms with E-state index < -0.39 is 0 Å². The number of benzene rings is 2. The van der Waals surface area contributed by atoms with Gasteiger partial charge in [-0.1, -0.05) is 0 Å². The number of carbonyl (C=O) groups excluding carboxylic acids is 2. The third kappa shape index (κ3) is 4.90. The highest BCUT2D eigenvalue weighted by Crippen LogP contribution is 2.33. The molecule has 0 aromatic heterocycles. The van der Waals surface area contributed by atoms with Gasteiger partial charge >= 0.3 is 0 Å². The maximum atomic E-state index is 12.6. The van der Waals surface area contributed by atoms with Crippen molar-refractivity contribution in [2.45, 2.75) is 13.8 Å². The molecule has 0 saturated heterocycles. The minimum atomic E-state index is -0.326. The van der Waals surface area contributed by atoms with Crippen LogP contribution in [-0.4, -0.2) is 50.3 Å². The van der Waals surface area contributed by atoms with E-state index in [0.29, 0.717) is 47.5 Å². The van der Waals surface area contributed by atoms with E-state index in [4.69, 9.17) is 18.9 Å². The highest BCUT2D eigenvalue weighted by molar-refractivity contribution is 5.99. The van der Waals surface area contributed by atoms with Crippen LogP contribution in [0.5, 0.6) is 23.0 Å². The molecule has 8 heteroatoms. The molecule has 0 radical (unpaired) electrons. The van der Waals surface area contributed by atoms with Crippen molar-refractivity contribution in [3.05, 3.63) is 42.0 Å². The third-order valence-electron chi connectivity index (χ3n) is 4.17. The summed E-state index contributed by atoms with van der Waals surface area (Å²) in [5, 5.41) is 2.78. The molecule has 1 aliphatic rings. The lowest BCUT2D eigenvalue weighted by molar-refractivity contribution is -0.116. The van der Waals surface area contributed by atoms with Crippen molar-refractivity contribution in [1.29, 1.82) is 0 Å². The lowest BCUT2D eigenvalue weighted by Crippen LogP contribution is -2.34. The Hall–Kier alpha value is -3.42. The van der Waals surface area contributed by atoms with E-state index >= 15 is 0 Å². The molecule has 0 spiro atoms. The second-order valence-electron chi connectivity index (χ2n) is 6.30. The molecule has 3 rings (SSSR count). The Morgan fingerprint density at radius 1 is 1.00 bits per heavy atom. The van der Waals surface area contributed by atoms with Gasteiger partial charge in [-0.15, -0.1) is 0 Å². The summed E-state index contributed by atoms with van der Waals surface area (Å²) in [4.78, 5) is 26.3. The first-order chi connectivity index (χ1) is 14.0. The van der Waals surface area contributed by atoms with E-state index in [0.717, 1.165) is 0 Å². The number of hydrogen-bond acceptors (Lipinski definition) is 6. The van der Waals surface area contributed by atoms with Gasteiger partial charge in [0.15, 0.2) is 23.0 Å². The van der Waals surface area contributed by atoms with Crippen LogP contribution in [0.4, 0.5) is 5.69 Å². The molecule has 0 aliphatic carbocycles. The van der Waals surface area contributed by atoms with Gasteiger partial charge in [0.25, 0.3) is 5.91 Å². The largest absolute Gasteiger partial charge is 0.490 e. The summed E-state index contributed by atoms with van der Waals surface area (Å²) in [6.45, 7) is 4.78. The molecule has 0 saturated carbocycles. The molecular weight excluding hydrogens is 376 g/mol. The molecule has 154 valence electrons. The first-order valence-electron chi connectivity index (χ1n) is 9.36. The van der Waals surface area contributed by atoms with E-state index in [9.17, 15) is 9.59 Å². The zero-order valence-electron chi connectivity index (χ0n) is 16.7. The van der Waals surface area contributed by atoms with Gasteiger partial charge in [-0.3, -0.25) is 9.59 Å². The van der Waals surface area contributed by atoms with Crippen molar-refractivity contribution in [2.75, 3.05) is 38.9 Å². The van der Waals surface area contributed by atoms with Crippen LogP contribution in [0.15, 0.2) is 36.4 Å².